The molecule has 0 aromatic rings. The molecule has 72 valence electrons. The highest BCUT2D eigenvalue weighted by Gasteiger charge is 2.43. The number of carbonyl (C=O) groups is 1. The number of carbonyl (C=O) groups excluding carboxylic acids is 1. The number of nitrogens with two attached hydrogens (primary N) is 1. The fraction of sp³-hybridized carbons (Fsp3) is 0.700. The van der Waals surface area contributed by atoms with Gasteiger partial charge in [-0.15, -0.1) is 5.92 Å². The van der Waals surface area contributed by atoms with E-state index in [-0.39, 0.29) is 18.2 Å². The quantitative estimate of drug-likeness (QED) is 0.625. The van der Waals surface area contributed by atoms with Crippen molar-refractivity contribution < 1.29 is 9.53 Å². The third-order valence-corrected chi connectivity index (χ3v) is 2.58. The summed E-state index contributed by atoms with van der Waals surface area (Å²) in [6.07, 6.45) is 0.282. The Hall–Kier alpha value is -0.850. The smallest absolute Gasteiger partial charge is 0.154 e. The fourth-order valence-electron chi connectivity index (χ4n) is 1.35. The summed E-state index contributed by atoms with van der Waals surface area (Å²) in [6, 6.07) is -0.182. The average molecular weight is 181 g/mol. The van der Waals surface area contributed by atoms with E-state index in [1.807, 2.05) is 6.92 Å². The minimum atomic E-state index is -0.524. The summed E-state index contributed by atoms with van der Waals surface area (Å²) in [5, 5.41) is 0. The molecule has 1 aliphatic heterocycles. The highest BCUT2D eigenvalue weighted by molar-refractivity contribution is 5.87. The van der Waals surface area contributed by atoms with Gasteiger partial charge in [-0.3, -0.25) is 4.79 Å². The van der Waals surface area contributed by atoms with Crippen LogP contribution < -0.4 is 5.73 Å². The SMILES string of the molecule is CC#CCC(=O)C1(C)COCC1N. The van der Waals surface area contributed by atoms with Crippen molar-refractivity contribution in [3.05, 3.63) is 0 Å². The molecule has 3 nitrogen and oxygen atoms in total. The minimum absolute atomic E-state index is 0.0897. The first-order valence-corrected chi connectivity index (χ1v) is 4.37. The van der Waals surface area contributed by atoms with Crippen LogP contribution in [0.5, 0.6) is 0 Å². The van der Waals surface area contributed by atoms with Gasteiger partial charge in [-0.2, -0.15) is 0 Å². The van der Waals surface area contributed by atoms with Crippen LogP contribution in [0.25, 0.3) is 0 Å². The maximum absolute atomic E-state index is 11.7. The van der Waals surface area contributed by atoms with Gasteiger partial charge in [0, 0.05) is 6.04 Å². The van der Waals surface area contributed by atoms with Gasteiger partial charge in [0.15, 0.2) is 5.78 Å². The van der Waals surface area contributed by atoms with Crippen LogP contribution >= 0.6 is 0 Å². The third-order valence-electron chi connectivity index (χ3n) is 2.58. The summed E-state index contributed by atoms with van der Waals surface area (Å²) < 4.78 is 5.18. The van der Waals surface area contributed by atoms with Gasteiger partial charge in [0.1, 0.15) is 0 Å². The molecule has 0 aliphatic carbocycles. The predicted molar refractivity (Wildman–Crippen MR) is 50.0 cm³/mol. The zero-order chi connectivity index (χ0) is 9.90. The summed E-state index contributed by atoms with van der Waals surface area (Å²) in [4.78, 5) is 11.7. The van der Waals surface area contributed by atoms with Gasteiger partial charge in [0.05, 0.1) is 25.0 Å². The average Bonchev–Trinajstić information content (AvgIpc) is 2.44. The molecule has 1 rings (SSSR count). The van der Waals surface area contributed by atoms with Crippen molar-refractivity contribution in [2.75, 3.05) is 13.2 Å². The summed E-state index contributed by atoms with van der Waals surface area (Å²) in [7, 11) is 0. The monoisotopic (exact) mass is 181 g/mol. The lowest BCUT2D eigenvalue weighted by Crippen LogP contribution is -2.44. The number of hydrogen-bond donors (Lipinski definition) is 1. The van der Waals surface area contributed by atoms with E-state index in [0.717, 1.165) is 0 Å². The lowest BCUT2D eigenvalue weighted by Gasteiger charge is -2.23. The molecular formula is C10H15NO2. The number of hydrogen-bond acceptors (Lipinski definition) is 3. The van der Waals surface area contributed by atoms with Crippen LogP contribution in [0.3, 0.4) is 0 Å². The molecule has 0 saturated carbocycles. The van der Waals surface area contributed by atoms with Crippen molar-refractivity contribution >= 4 is 5.78 Å². The number of ether oxygens (including phenoxy) is 1. The normalized spacial score (nSPS) is 32.4. The first kappa shape index (κ1) is 10.2. The molecule has 2 unspecified atom stereocenters. The van der Waals surface area contributed by atoms with E-state index in [4.69, 9.17) is 10.5 Å². The molecule has 0 aromatic carbocycles. The molecule has 2 N–H and O–H groups in total. The summed E-state index contributed by atoms with van der Waals surface area (Å²) in [5.74, 6) is 5.55. The van der Waals surface area contributed by atoms with E-state index in [9.17, 15) is 4.79 Å². The molecule has 1 aliphatic rings. The largest absolute Gasteiger partial charge is 0.379 e. The van der Waals surface area contributed by atoms with Crippen LogP contribution in [0.2, 0.25) is 0 Å². The molecule has 0 spiro atoms. The van der Waals surface area contributed by atoms with Crippen molar-refractivity contribution in [1.82, 2.24) is 0 Å². The lowest BCUT2D eigenvalue weighted by atomic mass is 9.80. The van der Waals surface area contributed by atoms with Crippen LogP contribution in [0.1, 0.15) is 20.3 Å². The van der Waals surface area contributed by atoms with Crippen molar-refractivity contribution in [3.8, 4) is 11.8 Å². The molecule has 0 bridgehead atoms. The molecular weight excluding hydrogens is 166 g/mol. The Morgan fingerprint density at radius 1 is 1.77 bits per heavy atom. The van der Waals surface area contributed by atoms with Crippen molar-refractivity contribution in [3.63, 3.8) is 0 Å². The standard InChI is InChI=1S/C10H15NO2/c1-3-4-5-9(12)10(2)7-13-6-8(10)11/h8H,5-7,11H2,1-2H3. The highest BCUT2D eigenvalue weighted by atomic mass is 16.5. The van der Waals surface area contributed by atoms with Gasteiger partial charge >= 0.3 is 0 Å². The number of rotatable bonds is 2. The Labute approximate surface area is 78.6 Å². The van der Waals surface area contributed by atoms with Crippen LogP contribution in [0, 0.1) is 17.3 Å². The Kier molecular flexibility index (Phi) is 3.07. The Bertz CT molecular complexity index is 264. The van der Waals surface area contributed by atoms with Crippen molar-refractivity contribution in [1.29, 1.82) is 0 Å². The molecule has 0 amide bonds. The second-order valence-electron chi connectivity index (χ2n) is 3.57. The first-order valence-electron chi connectivity index (χ1n) is 4.37. The molecule has 0 radical (unpaired) electrons. The summed E-state index contributed by atoms with van der Waals surface area (Å²) in [6.45, 7) is 4.48. The van der Waals surface area contributed by atoms with E-state index < -0.39 is 5.41 Å². The zero-order valence-corrected chi connectivity index (χ0v) is 8.09. The van der Waals surface area contributed by atoms with Gasteiger partial charge in [-0.25, -0.2) is 0 Å². The maximum atomic E-state index is 11.7. The van der Waals surface area contributed by atoms with E-state index in [1.54, 1.807) is 6.92 Å². The van der Waals surface area contributed by atoms with Gasteiger partial charge in [-0.05, 0) is 13.8 Å². The number of Topliss-reactive ketones (excluding diaryl/α,β-unsaturated/α-hetero) is 1. The van der Waals surface area contributed by atoms with Crippen molar-refractivity contribution in [2.24, 2.45) is 11.1 Å². The fourth-order valence-corrected chi connectivity index (χ4v) is 1.35. The van der Waals surface area contributed by atoms with Crippen LogP contribution in [0.15, 0.2) is 0 Å². The van der Waals surface area contributed by atoms with Gasteiger partial charge < -0.3 is 10.5 Å². The molecule has 2 atom stereocenters. The maximum Gasteiger partial charge on any atom is 0.154 e. The second kappa shape index (κ2) is 3.91. The Morgan fingerprint density at radius 3 is 2.92 bits per heavy atom. The lowest BCUT2D eigenvalue weighted by molar-refractivity contribution is -0.127. The van der Waals surface area contributed by atoms with Gasteiger partial charge in [0.2, 0.25) is 0 Å². The second-order valence-corrected chi connectivity index (χ2v) is 3.57. The van der Waals surface area contributed by atoms with Gasteiger partial charge in [0.25, 0.3) is 0 Å². The molecule has 13 heavy (non-hydrogen) atoms. The third kappa shape index (κ3) is 1.90. The van der Waals surface area contributed by atoms with Gasteiger partial charge in [-0.1, -0.05) is 5.92 Å². The van der Waals surface area contributed by atoms with E-state index in [0.29, 0.717) is 13.2 Å². The molecule has 1 saturated heterocycles. The van der Waals surface area contributed by atoms with Crippen LogP contribution in [-0.2, 0) is 9.53 Å². The first-order chi connectivity index (χ1) is 6.11. The van der Waals surface area contributed by atoms with Crippen LogP contribution in [-0.4, -0.2) is 25.0 Å². The molecule has 3 heteroatoms. The van der Waals surface area contributed by atoms with Crippen molar-refractivity contribution in [2.45, 2.75) is 26.3 Å². The topological polar surface area (TPSA) is 52.3 Å². The Morgan fingerprint density at radius 2 is 2.46 bits per heavy atom. The molecule has 1 heterocycles. The Balaban J connectivity index is 2.66. The van der Waals surface area contributed by atoms with E-state index in [1.165, 1.54) is 0 Å². The van der Waals surface area contributed by atoms with E-state index >= 15 is 0 Å². The summed E-state index contributed by atoms with van der Waals surface area (Å²) in [5.41, 5.74) is 5.27. The summed E-state index contributed by atoms with van der Waals surface area (Å²) >= 11 is 0. The zero-order valence-electron chi connectivity index (χ0n) is 8.09. The molecule has 1 fully saturated rings. The number of ketones is 1. The van der Waals surface area contributed by atoms with E-state index in [2.05, 4.69) is 11.8 Å². The molecule has 0 aromatic heterocycles. The predicted octanol–water partition coefficient (Wildman–Crippen LogP) is 0.333. The van der Waals surface area contributed by atoms with Crippen LogP contribution in [0.4, 0.5) is 0 Å². The minimum Gasteiger partial charge on any atom is -0.379 e. The highest BCUT2D eigenvalue weighted by Crippen LogP contribution is 2.28.